The van der Waals surface area contributed by atoms with Crippen LogP contribution >= 0.6 is 0 Å². The van der Waals surface area contributed by atoms with Crippen LogP contribution in [0.15, 0.2) is 30.9 Å². The van der Waals surface area contributed by atoms with Crippen molar-refractivity contribution in [1.82, 2.24) is 0 Å². The summed E-state index contributed by atoms with van der Waals surface area (Å²) in [7, 11) is 0. The predicted octanol–water partition coefficient (Wildman–Crippen LogP) is 2.24. The van der Waals surface area contributed by atoms with Gasteiger partial charge in [0.25, 0.3) is 0 Å². The summed E-state index contributed by atoms with van der Waals surface area (Å²) >= 11 is 0. The van der Waals surface area contributed by atoms with Crippen LogP contribution in [0.4, 0.5) is 5.69 Å². The largest absolute Gasteiger partial charge is 0.478 e. The minimum Gasteiger partial charge on any atom is -0.478 e. The van der Waals surface area contributed by atoms with Crippen molar-refractivity contribution in [2.75, 3.05) is 11.4 Å². The Morgan fingerprint density at radius 2 is 2.28 bits per heavy atom. The van der Waals surface area contributed by atoms with Gasteiger partial charge in [0.2, 0.25) is 5.91 Å². The molecule has 0 aliphatic carbocycles. The molecule has 0 radical (unpaired) electrons. The van der Waals surface area contributed by atoms with Crippen LogP contribution in [0.5, 0.6) is 0 Å². The molecule has 1 aromatic carbocycles. The van der Waals surface area contributed by atoms with Gasteiger partial charge in [0.05, 0.1) is 12.0 Å². The normalized spacial score (nSPS) is 13.6. The highest BCUT2D eigenvalue weighted by atomic mass is 16.4. The highest BCUT2D eigenvalue weighted by molar-refractivity contribution is 6.03. The lowest BCUT2D eigenvalue weighted by Gasteiger charge is -2.17. The molecular weight excluding hydrogens is 230 g/mol. The molecule has 0 spiro atoms. The Kier molecular flexibility index (Phi) is 3.46. The van der Waals surface area contributed by atoms with Crippen LogP contribution in [0.1, 0.15) is 28.8 Å². The van der Waals surface area contributed by atoms with Gasteiger partial charge in [0.1, 0.15) is 0 Å². The lowest BCUT2D eigenvalue weighted by atomic mass is 10.1. The van der Waals surface area contributed by atoms with E-state index < -0.39 is 5.97 Å². The molecule has 18 heavy (non-hydrogen) atoms. The van der Waals surface area contributed by atoms with Crippen LogP contribution in [0.2, 0.25) is 0 Å². The number of carboxylic acids is 1. The summed E-state index contributed by atoms with van der Waals surface area (Å²) in [5.41, 5.74) is 1.87. The fourth-order valence-corrected chi connectivity index (χ4v) is 2.13. The Morgan fingerprint density at radius 3 is 2.94 bits per heavy atom. The second-order valence-corrected chi connectivity index (χ2v) is 4.30. The molecule has 0 atom stereocenters. The third kappa shape index (κ3) is 2.27. The van der Waals surface area contributed by atoms with Crippen LogP contribution < -0.4 is 4.90 Å². The average Bonchev–Trinajstić information content (AvgIpc) is 2.65. The molecule has 0 aromatic heterocycles. The van der Waals surface area contributed by atoms with Crippen LogP contribution in [-0.2, 0) is 11.2 Å². The van der Waals surface area contributed by atoms with Crippen molar-refractivity contribution in [1.29, 1.82) is 0 Å². The van der Waals surface area contributed by atoms with Crippen LogP contribution in [-0.4, -0.2) is 23.5 Å². The van der Waals surface area contributed by atoms with Gasteiger partial charge >= 0.3 is 5.97 Å². The predicted molar refractivity (Wildman–Crippen MR) is 68.9 cm³/mol. The summed E-state index contributed by atoms with van der Waals surface area (Å²) < 4.78 is 0. The van der Waals surface area contributed by atoms with Crippen LogP contribution in [0.25, 0.3) is 0 Å². The first-order chi connectivity index (χ1) is 8.63. The Balaban J connectivity index is 2.24. The summed E-state index contributed by atoms with van der Waals surface area (Å²) in [5, 5.41) is 8.97. The standard InChI is InChI=1S/C14H15NO3/c1-2-3-4-7-15-12-8-11(14(17)18)6-5-10(12)9-13(15)16/h2,5-6,8H,1,3-4,7,9H2,(H,17,18). The van der Waals surface area contributed by atoms with E-state index >= 15 is 0 Å². The molecule has 1 heterocycles. The minimum absolute atomic E-state index is 0.0385. The van der Waals surface area contributed by atoms with E-state index in [1.807, 2.05) is 6.08 Å². The zero-order valence-corrected chi connectivity index (χ0v) is 10.1. The molecule has 1 aliphatic rings. The van der Waals surface area contributed by atoms with Crippen LogP contribution in [0.3, 0.4) is 0 Å². The van der Waals surface area contributed by atoms with Gasteiger partial charge in [0, 0.05) is 12.2 Å². The van der Waals surface area contributed by atoms with Crippen molar-refractivity contribution in [2.45, 2.75) is 19.3 Å². The molecule has 1 amide bonds. The van der Waals surface area contributed by atoms with Crippen molar-refractivity contribution >= 4 is 17.6 Å². The summed E-state index contributed by atoms with van der Waals surface area (Å²) in [6.07, 6.45) is 3.86. The Labute approximate surface area is 106 Å². The van der Waals surface area contributed by atoms with Crippen molar-refractivity contribution in [3.05, 3.63) is 42.0 Å². The van der Waals surface area contributed by atoms with Gasteiger partial charge in [-0.05, 0) is 30.5 Å². The van der Waals surface area contributed by atoms with E-state index in [0.29, 0.717) is 13.0 Å². The molecule has 4 heteroatoms. The highest BCUT2D eigenvalue weighted by Gasteiger charge is 2.27. The third-order valence-electron chi connectivity index (χ3n) is 3.06. The third-order valence-corrected chi connectivity index (χ3v) is 3.06. The number of hydrogen-bond acceptors (Lipinski definition) is 2. The molecule has 0 bridgehead atoms. The number of allylic oxidation sites excluding steroid dienone is 1. The maximum absolute atomic E-state index is 11.9. The van der Waals surface area contributed by atoms with Gasteiger partial charge in [0.15, 0.2) is 0 Å². The van der Waals surface area contributed by atoms with Crippen molar-refractivity contribution in [3.63, 3.8) is 0 Å². The smallest absolute Gasteiger partial charge is 0.335 e. The van der Waals surface area contributed by atoms with Crippen molar-refractivity contribution in [2.24, 2.45) is 0 Å². The number of rotatable bonds is 5. The summed E-state index contributed by atoms with van der Waals surface area (Å²) in [5.74, 6) is -0.931. The number of fused-ring (bicyclic) bond motifs is 1. The van der Waals surface area contributed by atoms with Gasteiger partial charge < -0.3 is 10.0 Å². The Hall–Kier alpha value is -2.10. The number of nitrogens with zero attached hydrogens (tertiary/aromatic N) is 1. The lowest BCUT2D eigenvalue weighted by Crippen LogP contribution is -2.27. The second-order valence-electron chi connectivity index (χ2n) is 4.30. The Bertz CT molecular complexity index is 508. The molecule has 4 nitrogen and oxygen atoms in total. The van der Waals surface area contributed by atoms with E-state index in [1.54, 1.807) is 23.1 Å². The zero-order chi connectivity index (χ0) is 13.1. The van der Waals surface area contributed by atoms with E-state index in [0.717, 1.165) is 24.1 Å². The number of amides is 1. The number of carbonyl (C=O) groups excluding carboxylic acids is 1. The van der Waals surface area contributed by atoms with Gasteiger partial charge in [-0.1, -0.05) is 12.1 Å². The van der Waals surface area contributed by atoms with Gasteiger partial charge in [-0.15, -0.1) is 6.58 Å². The summed E-state index contributed by atoms with van der Waals surface area (Å²) in [6, 6.07) is 4.85. The van der Waals surface area contributed by atoms with Gasteiger partial charge in [-0.25, -0.2) is 4.79 Å². The number of hydrogen-bond donors (Lipinski definition) is 1. The van der Waals surface area contributed by atoms with E-state index in [-0.39, 0.29) is 11.5 Å². The number of carbonyl (C=O) groups is 2. The van der Waals surface area contributed by atoms with Crippen LogP contribution in [0, 0.1) is 0 Å². The number of carboxylic acid groups (broad SMARTS) is 1. The van der Waals surface area contributed by atoms with E-state index in [1.165, 1.54) is 0 Å². The molecule has 0 fully saturated rings. The molecule has 1 N–H and O–H groups in total. The monoisotopic (exact) mass is 245 g/mol. The molecule has 1 aromatic rings. The van der Waals surface area contributed by atoms with Crippen molar-refractivity contribution in [3.8, 4) is 0 Å². The topological polar surface area (TPSA) is 57.6 Å². The molecular formula is C14H15NO3. The fourth-order valence-electron chi connectivity index (χ4n) is 2.13. The molecule has 0 unspecified atom stereocenters. The second kappa shape index (κ2) is 5.04. The lowest BCUT2D eigenvalue weighted by molar-refractivity contribution is -0.117. The molecule has 2 rings (SSSR count). The van der Waals surface area contributed by atoms with Gasteiger partial charge in [-0.2, -0.15) is 0 Å². The minimum atomic E-state index is -0.969. The average molecular weight is 245 g/mol. The number of benzene rings is 1. The maximum atomic E-state index is 11.9. The quantitative estimate of drug-likeness (QED) is 0.639. The summed E-state index contributed by atoms with van der Waals surface area (Å²) in [4.78, 5) is 24.5. The number of unbranched alkanes of at least 4 members (excludes halogenated alkanes) is 1. The SMILES string of the molecule is C=CCCCN1C(=O)Cc2ccc(C(=O)O)cc21. The van der Waals surface area contributed by atoms with E-state index in [9.17, 15) is 9.59 Å². The van der Waals surface area contributed by atoms with Crippen molar-refractivity contribution < 1.29 is 14.7 Å². The van der Waals surface area contributed by atoms with E-state index in [4.69, 9.17) is 5.11 Å². The zero-order valence-electron chi connectivity index (χ0n) is 10.1. The molecule has 94 valence electrons. The number of anilines is 1. The van der Waals surface area contributed by atoms with E-state index in [2.05, 4.69) is 6.58 Å². The maximum Gasteiger partial charge on any atom is 0.335 e. The molecule has 0 saturated heterocycles. The number of aromatic carboxylic acids is 1. The first kappa shape index (κ1) is 12.4. The molecule has 0 saturated carbocycles. The Morgan fingerprint density at radius 1 is 1.50 bits per heavy atom. The summed E-state index contributed by atoms with van der Waals surface area (Å²) in [6.45, 7) is 4.26. The van der Waals surface area contributed by atoms with Gasteiger partial charge in [-0.3, -0.25) is 4.79 Å². The first-order valence-electron chi connectivity index (χ1n) is 5.91. The first-order valence-corrected chi connectivity index (χ1v) is 5.91. The fraction of sp³-hybridized carbons (Fsp3) is 0.286. The highest BCUT2D eigenvalue weighted by Crippen LogP contribution is 2.30. The molecule has 1 aliphatic heterocycles.